The van der Waals surface area contributed by atoms with Crippen LogP contribution in [0.15, 0.2) is 30.3 Å². The molecule has 0 fully saturated rings. The molecular formula is C25H39N5O6. The Morgan fingerprint density at radius 2 is 1.53 bits per heavy atom. The van der Waals surface area contributed by atoms with Crippen LogP contribution in [0.4, 0.5) is 4.79 Å². The molecule has 1 rings (SSSR count). The van der Waals surface area contributed by atoms with Crippen LogP contribution in [0.1, 0.15) is 46.6 Å². The summed E-state index contributed by atoms with van der Waals surface area (Å²) in [6.45, 7) is 8.55. The van der Waals surface area contributed by atoms with Crippen LogP contribution in [0.3, 0.4) is 0 Å². The maximum Gasteiger partial charge on any atom is 0.407 e. The third-order valence-corrected chi connectivity index (χ3v) is 5.58. The number of nitrogens with one attached hydrogen (secondary N) is 3. The second-order valence-corrected chi connectivity index (χ2v) is 9.06. The van der Waals surface area contributed by atoms with Gasteiger partial charge in [-0.1, -0.05) is 44.2 Å². The SMILES string of the molecule is CCOC(=O)N[C@@H](Cc1ccccc1)C(=O)N(C)[C@@H](C)C(=O)N[C@@H](C)C(=O)N[C@@H](CC(C)C)C(N)=O. The first kappa shape index (κ1) is 30.4. The monoisotopic (exact) mass is 505 g/mol. The van der Waals surface area contributed by atoms with Crippen molar-refractivity contribution in [1.29, 1.82) is 0 Å². The van der Waals surface area contributed by atoms with Crippen LogP contribution in [0.5, 0.6) is 0 Å². The number of alkyl carbamates (subject to hydrolysis) is 1. The highest BCUT2D eigenvalue weighted by molar-refractivity contribution is 5.94. The Labute approximate surface area is 212 Å². The largest absolute Gasteiger partial charge is 0.450 e. The zero-order valence-electron chi connectivity index (χ0n) is 21.9. The molecule has 0 radical (unpaired) electrons. The number of likely N-dealkylation sites (N-methyl/N-ethyl adjacent to an activating group) is 1. The number of hydrogen-bond donors (Lipinski definition) is 4. The summed E-state index contributed by atoms with van der Waals surface area (Å²) in [7, 11) is 1.44. The van der Waals surface area contributed by atoms with E-state index in [2.05, 4.69) is 16.0 Å². The third-order valence-electron chi connectivity index (χ3n) is 5.58. The number of primary amides is 1. The lowest BCUT2D eigenvalue weighted by Crippen LogP contribution is -2.57. The van der Waals surface area contributed by atoms with Crippen molar-refractivity contribution in [3.05, 3.63) is 35.9 Å². The Morgan fingerprint density at radius 3 is 2.06 bits per heavy atom. The van der Waals surface area contributed by atoms with E-state index in [9.17, 15) is 24.0 Å². The van der Waals surface area contributed by atoms with Crippen molar-refractivity contribution in [3.63, 3.8) is 0 Å². The number of nitrogens with two attached hydrogens (primary N) is 1. The Hall–Kier alpha value is -3.63. The van der Waals surface area contributed by atoms with Crippen LogP contribution in [0, 0.1) is 5.92 Å². The van der Waals surface area contributed by atoms with Gasteiger partial charge >= 0.3 is 6.09 Å². The minimum atomic E-state index is -0.977. The molecule has 1 aromatic carbocycles. The van der Waals surface area contributed by atoms with Crippen molar-refractivity contribution in [2.75, 3.05) is 13.7 Å². The van der Waals surface area contributed by atoms with Gasteiger partial charge in [0, 0.05) is 13.5 Å². The number of benzene rings is 1. The number of rotatable bonds is 13. The molecule has 11 heteroatoms. The number of carbonyl (C=O) groups is 5. The first-order valence-electron chi connectivity index (χ1n) is 12.0. The molecule has 5 N–H and O–H groups in total. The van der Waals surface area contributed by atoms with Gasteiger partial charge in [-0.05, 0) is 38.7 Å². The minimum Gasteiger partial charge on any atom is -0.450 e. The number of ether oxygens (including phenoxy) is 1. The standard InChI is InChI=1S/C25H39N5O6/c1-7-36-25(35)29-20(14-18-11-9-8-10-12-18)24(34)30(6)17(5)23(33)27-16(4)22(32)28-19(21(26)31)13-15(2)3/h8-12,15-17,19-20H,7,13-14H2,1-6H3,(H2,26,31)(H,27,33)(H,28,32)(H,29,35)/t16-,17-,19-,20-/m0/s1. The van der Waals surface area contributed by atoms with Crippen LogP contribution in [0.25, 0.3) is 0 Å². The fraction of sp³-hybridized carbons (Fsp3) is 0.560. The molecule has 0 aliphatic rings. The summed E-state index contributed by atoms with van der Waals surface area (Å²) in [5, 5.41) is 7.66. The van der Waals surface area contributed by atoms with Crippen molar-refractivity contribution < 1.29 is 28.7 Å². The molecule has 5 amide bonds. The second-order valence-electron chi connectivity index (χ2n) is 9.06. The van der Waals surface area contributed by atoms with Crippen LogP contribution in [-0.4, -0.2) is 72.4 Å². The summed E-state index contributed by atoms with van der Waals surface area (Å²) in [6, 6.07) is 5.35. The van der Waals surface area contributed by atoms with Gasteiger partial charge in [-0.25, -0.2) is 4.79 Å². The molecule has 0 aromatic heterocycles. The molecule has 1 aromatic rings. The molecule has 0 saturated carbocycles. The Bertz CT molecular complexity index is 907. The van der Waals surface area contributed by atoms with Gasteiger partial charge in [-0.15, -0.1) is 0 Å². The number of nitrogens with zero attached hydrogens (tertiary/aromatic N) is 1. The first-order valence-corrected chi connectivity index (χ1v) is 12.0. The molecule has 0 aliphatic heterocycles. The molecule has 11 nitrogen and oxygen atoms in total. The maximum absolute atomic E-state index is 13.2. The number of carbonyl (C=O) groups excluding carboxylic acids is 5. The van der Waals surface area contributed by atoms with E-state index in [0.717, 1.165) is 5.56 Å². The van der Waals surface area contributed by atoms with Gasteiger partial charge in [-0.3, -0.25) is 19.2 Å². The van der Waals surface area contributed by atoms with Gasteiger partial charge in [0.25, 0.3) is 0 Å². The smallest absolute Gasteiger partial charge is 0.407 e. The highest BCUT2D eigenvalue weighted by Crippen LogP contribution is 2.09. The van der Waals surface area contributed by atoms with Crippen LogP contribution >= 0.6 is 0 Å². The highest BCUT2D eigenvalue weighted by Gasteiger charge is 2.31. The van der Waals surface area contributed by atoms with Crippen molar-refractivity contribution in [2.45, 2.75) is 71.6 Å². The third kappa shape index (κ3) is 9.93. The van der Waals surface area contributed by atoms with Crippen molar-refractivity contribution in [1.82, 2.24) is 20.9 Å². The topological polar surface area (TPSA) is 160 Å². The summed E-state index contributed by atoms with van der Waals surface area (Å²) >= 11 is 0. The van der Waals surface area contributed by atoms with E-state index in [1.165, 1.54) is 25.8 Å². The van der Waals surface area contributed by atoms with E-state index < -0.39 is 53.9 Å². The quantitative estimate of drug-likeness (QED) is 0.309. The van der Waals surface area contributed by atoms with E-state index in [1.54, 1.807) is 6.92 Å². The average Bonchev–Trinajstić information content (AvgIpc) is 2.82. The van der Waals surface area contributed by atoms with E-state index >= 15 is 0 Å². The van der Waals surface area contributed by atoms with Crippen molar-refractivity contribution in [2.24, 2.45) is 11.7 Å². The summed E-state index contributed by atoms with van der Waals surface area (Å²) in [5.41, 5.74) is 6.18. The van der Waals surface area contributed by atoms with E-state index in [4.69, 9.17) is 10.5 Å². The van der Waals surface area contributed by atoms with Crippen LogP contribution in [0.2, 0.25) is 0 Å². The van der Waals surface area contributed by atoms with Crippen LogP contribution < -0.4 is 21.7 Å². The van der Waals surface area contributed by atoms with Crippen molar-refractivity contribution >= 4 is 29.7 Å². The van der Waals surface area contributed by atoms with Gasteiger partial charge in [0.2, 0.25) is 23.6 Å². The average molecular weight is 506 g/mol. The van der Waals surface area contributed by atoms with E-state index in [0.29, 0.717) is 6.42 Å². The molecule has 0 heterocycles. The Morgan fingerprint density at radius 1 is 0.917 bits per heavy atom. The van der Waals surface area contributed by atoms with E-state index in [-0.39, 0.29) is 18.9 Å². The molecule has 0 unspecified atom stereocenters. The predicted molar refractivity (Wildman–Crippen MR) is 135 cm³/mol. The summed E-state index contributed by atoms with van der Waals surface area (Å²) in [5.74, 6) is -2.19. The lowest BCUT2D eigenvalue weighted by Gasteiger charge is -2.29. The number of amides is 5. The minimum absolute atomic E-state index is 0.124. The Kier molecular flexibility index (Phi) is 12.4. The molecule has 0 spiro atoms. The first-order chi connectivity index (χ1) is 16.9. The van der Waals surface area contributed by atoms with Gasteiger partial charge < -0.3 is 31.3 Å². The zero-order chi connectivity index (χ0) is 27.4. The molecule has 200 valence electrons. The lowest BCUT2D eigenvalue weighted by molar-refractivity contribution is -0.140. The summed E-state index contributed by atoms with van der Waals surface area (Å²) in [6.07, 6.45) is -0.181. The van der Waals surface area contributed by atoms with Gasteiger partial charge in [-0.2, -0.15) is 0 Å². The van der Waals surface area contributed by atoms with Gasteiger partial charge in [0.05, 0.1) is 6.61 Å². The summed E-state index contributed by atoms with van der Waals surface area (Å²) < 4.78 is 4.92. The van der Waals surface area contributed by atoms with Crippen molar-refractivity contribution in [3.8, 4) is 0 Å². The fourth-order valence-electron chi connectivity index (χ4n) is 3.39. The molecular weight excluding hydrogens is 466 g/mol. The Balaban J connectivity index is 2.86. The lowest BCUT2D eigenvalue weighted by atomic mass is 10.0. The summed E-state index contributed by atoms with van der Waals surface area (Å²) in [4.78, 5) is 63.4. The number of hydrogen-bond acceptors (Lipinski definition) is 6. The zero-order valence-corrected chi connectivity index (χ0v) is 21.9. The van der Waals surface area contributed by atoms with Crippen LogP contribution in [-0.2, 0) is 30.3 Å². The fourth-order valence-corrected chi connectivity index (χ4v) is 3.39. The molecule has 4 atom stereocenters. The predicted octanol–water partition coefficient (Wildman–Crippen LogP) is 0.712. The molecule has 36 heavy (non-hydrogen) atoms. The second kappa shape index (κ2) is 14.7. The van der Waals surface area contributed by atoms with Gasteiger partial charge in [0.15, 0.2) is 0 Å². The van der Waals surface area contributed by atoms with Gasteiger partial charge in [0.1, 0.15) is 24.2 Å². The van der Waals surface area contributed by atoms with E-state index in [1.807, 2.05) is 44.2 Å². The highest BCUT2D eigenvalue weighted by atomic mass is 16.5. The molecule has 0 saturated heterocycles. The molecule has 0 bridgehead atoms. The normalized spacial score (nSPS) is 14.1. The molecule has 0 aliphatic carbocycles. The maximum atomic E-state index is 13.2.